The van der Waals surface area contributed by atoms with Crippen LogP contribution in [-0.2, 0) is 26.0 Å². The van der Waals surface area contributed by atoms with Crippen molar-refractivity contribution in [1.29, 1.82) is 0 Å². The van der Waals surface area contributed by atoms with Crippen LogP contribution >= 0.6 is 0 Å². The van der Waals surface area contributed by atoms with Crippen molar-refractivity contribution in [3.05, 3.63) is 12.0 Å². The Labute approximate surface area is 106 Å². The molecule has 0 aromatic carbocycles. The number of hydrogen-bond donors (Lipinski definition) is 2. The third-order valence-corrected chi connectivity index (χ3v) is 3.88. The molecule has 1 aromatic rings. The van der Waals surface area contributed by atoms with Crippen molar-refractivity contribution in [2.45, 2.75) is 37.8 Å². The summed E-state index contributed by atoms with van der Waals surface area (Å²) in [5, 5.41) is -0.0728. The Bertz CT molecular complexity index is 533. The molecule has 0 aliphatic rings. The van der Waals surface area contributed by atoms with Gasteiger partial charge < -0.3 is 9.72 Å². The third-order valence-electron chi connectivity index (χ3n) is 2.31. The molecule has 1 aromatic heterocycles. The Kier molecular flexibility index (Phi) is 4.12. The lowest BCUT2D eigenvalue weighted by atomic mass is 10.1. The average Bonchev–Trinajstić information content (AvgIpc) is 2.75. The molecule has 7 nitrogen and oxygen atoms in total. The molecule has 0 fully saturated rings. The summed E-state index contributed by atoms with van der Waals surface area (Å²) in [6.07, 6.45) is 1.81. The number of carbonyl (C=O) groups excluding carboxylic acids is 1. The minimum atomic E-state index is -3.83. The van der Waals surface area contributed by atoms with E-state index in [-0.39, 0.29) is 5.03 Å². The van der Waals surface area contributed by atoms with Gasteiger partial charge in [0, 0.05) is 6.42 Å². The average molecular weight is 275 g/mol. The number of methoxy groups -OCH3 is 1. The summed E-state index contributed by atoms with van der Waals surface area (Å²) in [5.41, 5.74) is -1.34. The molecular weight excluding hydrogens is 258 g/mol. The minimum Gasteiger partial charge on any atom is -0.468 e. The maximum absolute atomic E-state index is 12.0. The molecule has 0 aliphatic carbocycles. The molecule has 8 heteroatoms. The van der Waals surface area contributed by atoms with E-state index in [4.69, 9.17) is 0 Å². The van der Waals surface area contributed by atoms with Gasteiger partial charge in [0.2, 0.25) is 0 Å². The first-order valence-electron chi connectivity index (χ1n) is 5.39. The second-order valence-corrected chi connectivity index (χ2v) is 5.92. The number of H-pyrrole nitrogens is 1. The fourth-order valence-corrected chi connectivity index (χ4v) is 2.66. The molecule has 0 aliphatic heterocycles. The van der Waals surface area contributed by atoms with Gasteiger partial charge in [0.1, 0.15) is 11.4 Å². The van der Waals surface area contributed by atoms with E-state index in [1.165, 1.54) is 27.2 Å². The zero-order valence-electron chi connectivity index (χ0n) is 10.8. The van der Waals surface area contributed by atoms with E-state index in [0.29, 0.717) is 12.2 Å². The van der Waals surface area contributed by atoms with Crippen LogP contribution in [0.2, 0.25) is 0 Å². The zero-order chi connectivity index (χ0) is 14.0. The van der Waals surface area contributed by atoms with Crippen LogP contribution < -0.4 is 4.72 Å². The van der Waals surface area contributed by atoms with Crippen molar-refractivity contribution in [1.82, 2.24) is 14.7 Å². The van der Waals surface area contributed by atoms with Gasteiger partial charge in [-0.15, -0.1) is 0 Å². The predicted octanol–water partition coefficient (Wildman–Crippen LogP) is 0.202. The van der Waals surface area contributed by atoms with Crippen molar-refractivity contribution in [3.8, 4) is 0 Å². The summed E-state index contributed by atoms with van der Waals surface area (Å²) < 4.78 is 30.8. The summed E-state index contributed by atoms with van der Waals surface area (Å²) in [7, 11) is -2.63. The zero-order valence-corrected chi connectivity index (χ0v) is 11.6. The summed E-state index contributed by atoms with van der Waals surface area (Å²) in [6.45, 7) is 4.70. The van der Waals surface area contributed by atoms with E-state index in [0.717, 1.165) is 0 Å². The predicted molar refractivity (Wildman–Crippen MR) is 64.4 cm³/mol. The maximum atomic E-state index is 12.0. The Hall–Kier alpha value is -1.41. The van der Waals surface area contributed by atoms with Gasteiger partial charge in [-0.3, -0.25) is 4.79 Å². The number of aromatic nitrogens is 2. The number of aromatic amines is 1. The lowest BCUT2D eigenvalue weighted by Crippen LogP contribution is -2.50. The number of esters is 1. The number of ether oxygens (including phenoxy) is 1. The van der Waals surface area contributed by atoms with E-state index in [9.17, 15) is 13.2 Å². The lowest BCUT2D eigenvalue weighted by Gasteiger charge is -2.22. The number of rotatable bonds is 5. The fraction of sp³-hybridized carbons (Fsp3) is 0.600. The van der Waals surface area contributed by atoms with Crippen LogP contribution in [-0.4, -0.2) is 37.0 Å². The van der Waals surface area contributed by atoms with Gasteiger partial charge in [-0.1, -0.05) is 6.92 Å². The summed E-state index contributed by atoms with van der Waals surface area (Å²) in [5.74, 6) is -0.104. The molecule has 1 heterocycles. The largest absolute Gasteiger partial charge is 0.468 e. The van der Waals surface area contributed by atoms with Gasteiger partial charge in [0.15, 0.2) is 5.03 Å². The number of sulfonamides is 1. The van der Waals surface area contributed by atoms with Gasteiger partial charge >= 0.3 is 5.97 Å². The molecule has 0 amide bonds. The molecule has 18 heavy (non-hydrogen) atoms. The van der Waals surface area contributed by atoms with Crippen molar-refractivity contribution in [2.75, 3.05) is 7.11 Å². The highest BCUT2D eigenvalue weighted by atomic mass is 32.2. The van der Waals surface area contributed by atoms with E-state index in [1.807, 2.05) is 6.92 Å². The van der Waals surface area contributed by atoms with E-state index in [2.05, 4.69) is 19.4 Å². The first kappa shape index (κ1) is 14.7. The number of nitrogens with one attached hydrogen (secondary N) is 2. The lowest BCUT2D eigenvalue weighted by molar-refractivity contribution is -0.146. The van der Waals surface area contributed by atoms with Crippen molar-refractivity contribution in [3.63, 3.8) is 0 Å². The highest BCUT2D eigenvalue weighted by Gasteiger charge is 2.34. The Balaban J connectivity index is 2.98. The SMILES string of the molecule is CCc1ncc(S(=O)(=O)NC(C)(C)C(=O)OC)[nH]1. The van der Waals surface area contributed by atoms with Crippen LogP contribution in [0, 0.1) is 0 Å². The van der Waals surface area contributed by atoms with Gasteiger partial charge in [0.25, 0.3) is 10.0 Å². The summed E-state index contributed by atoms with van der Waals surface area (Å²) in [6, 6.07) is 0. The quantitative estimate of drug-likeness (QED) is 0.748. The molecule has 0 atom stereocenters. The molecule has 102 valence electrons. The molecule has 2 N–H and O–H groups in total. The monoisotopic (exact) mass is 275 g/mol. The van der Waals surface area contributed by atoms with Crippen LogP contribution in [0.25, 0.3) is 0 Å². The van der Waals surface area contributed by atoms with Crippen LogP contribution in [0.15, 0.2) is 11.2 Å². The highest BCUT2D eigenvalue weighted by molar-refractivity contribution is 7.89. The number of hydrogen-bond acceptors (Lipinski definition) is 5. The Morgan fingerprint density at radius 1 is 1.56 bits per heavy atom. The first-order chi connectivity index (χ1) is 8.23. The molecule has 0 radical (unpaired) electrons. The number of carbonyl (C=O) groups is 1. The molecule has 1 rings (SSSR count). The Morgan fingerprint density at radius 3 is 2.61 bits per heavy atom. The normalized spacial score (nSPS) is 12.4. The molecule has 0 spiro atoms. The molecular formula is C10H17N3O4S. The second-order valence-electron chi connectivity index (χ2n) is 4.27. The van der Waals surface area contributed by atoms with E-state index in [1.54, 1.807) is 0 Å². The van der Waals surface area contributed by atoms with Crippen molar-refractivity contribution >= 4 is 16.0 Å². The maximum Gasteiger partial charge on any atom is 0.326 e. The summed E-state index contributed by atoms with van der Waals surface area (Å²) in [4.78, 5) is 18.0. The van der Waals surface area contributed by atoms with Crippen LogP contribution in [0.1, 0.15) is 26.6 Å². The van der Waals surface area contributed by atoms with E-state index >= 15 is 0 Å². The van der Waals surface area contributed by atoms with Gasteiger partial charge in [-0.25, -0.2) is 13.4 Å². The molecule has 0 unspecified atom stereocenters. The van der Waals surface area contributed by atoms with Gasteiger partial charge in [-0.05, 0) is 13.8 Å². The standard InChI is InChI=1S/C10H17N3O4S/c1-5-7-11-6-8(12-7)18(15,16)13-10(2,3)9(14)17-4/h6,13H,5H2,1-4H3,(H,11,12). The Morgan fingerprint density at radius 2 is 2.17 bits per heavy atom. The topological polar surface area (TPSA) is 101 Å². The van der Waals surface area contributed by atoms with Crippen LogP contribution in [0.5, 0.6) is 0 Å². The van der Waals surface area contributed by atoms with Crippen molar-refractivity contribution in [2.24, 2.45) is 0 Å². The van der Waals surface area contributed by atoms with Gasteiger partial charge in [0.05, 0.1) is 13.3 Å². The number of aryl methyl sites for hydroxylation is 1. The van der Waals surface area contributed by atoms with Crippen molar-refractivity contribution < 1.29 is 17.9 Å². The third kappa shape index (κ3) is 3.08. The summed E-state index contributed by atoms with van der Waals surface area (Å²) >= 11 is 0. The highest BCUT2D eigenvalue weighted by Crippen LogP contribution is 2.12. The van der Waals surface area contributed by atoms with E-state index < -0.39 is 21.5 Å². The molecule has 0 bridgehead atoms. The van der Waals surface area contributed by atoms with Gasteiger partial charge in [-0.2, -0.15) is 4.72 Å². The van der Waals surface area contributed by atoms with Crippen LogP contribution in [0.4, 0.5) is 0 Å². The smallest absolute Gasteiger partial charge is 0.326 e. The fourth-order valence-electron chi connectivity index (χ4n) is 1.35. The minimum absolute atomic E-state index is 0.0728. The molecule has 0 saturated heterocycles. The second kappa shape index (κ2) is 5.07. The van der Waals surface area contributed by atoms with Crippen LogP contribution in [0.3, 0.4) is 0 Å². The number of imidazole rings is 1. The first-order valence-corrected chi connectivity index (χ1v) is 6.87. The molecule has 0 saturated carbocycles. The number of nitrogens with zero attached hydrogens (tertiary/aromatic N) is 1.